The molecule has 1 N–H and O–H groups in total. The lowest BCUT2D eigenvalue weighted by molar-refractivity contribution is -0.118. The highest BCUT2D eigenvalue weighted by Crippen LogP contribution is 2.33. The maximum Gasteiger partial charge on any atom is 0.262 e. The Hall–Kier alpha value is -1.20. The van der Waals surface area contributed by atoms with Crippen molar-refractivity contribution in [1.29, 1.82) is 0 Å². The van der Waals surface area contributed by atoms with Gasteiger partial charge in [-0.05, 0) is 30.3 Å². The van der Waals surface area contributed by atoms with E-state index in [1.54, 1.807) is 0 Å². The van der Waals surface area contributed by atoms with Gasteiger partial charge in [-0.1, -0.05) is 46.4 Å². The molecule has 0 aliphatic rings. The van der Waals surface area contributed by atoms with Gasteiger partial charge >= 0.3 is 0 Å². The van der Waals surface area contributed by atoms with E-state index < -0.39 is 11.7 Å². The van der Waals surface area contributed by atoms with Gasteiger partial charge in [0.2, 0.25) is 0 Å². The highest BCUT2D eigenvalue weighted by Gasteiger charge is 2.12. The van der Waals surface area contributed by atoms with E-state index in [9.17, 15) is 9.18 Å². The van der Waals surface area contributed by atoms with Crippen LogP contribution in [0.2, 0.25) is 20.1 Å². The van der Waals surface area contributed by atoms with Crippen molar-refractivity contribution in [2.75, 3.05) is 11.9 Å². The molecular formula is C14H8Cl4FNO2. The molecular weight excluding hydrogens is 375 g/mol. The van der Waals surface area contributed by atoms with Crippen molar-refractivity contribution in [3.05, 3.63) is 56.2 Å². The van der Waals surface area contributed by atoms with Gasteiger partial charge in [0, 0.05) is 5.02 Å². The zero-order valence-corrected chi connectivity index (χ0v) is 13.8. The van der Waals surface area contributed by atoms with Crippen LogP contribution in [-0.2, 0) is 4.79 Å². The molecule has 2 rings (SSSR count). The SMILES string of the molecule is O=C(COc1ccc(F)cc1Cl)Nc1c(Cl)cc(Cl)cc1Cl. The lowest BCUT2D eigenvalue weighted by atomic mass is 10.3. The number of carbonyl (C=O) groups excluding carboxylic acids is 1. The maximum absolute atomic E-state index is 12.9. The van der Waals surface area contributed by atoms with Gasteiger partial charge in [0.1, 0.15) is 11.6 Å². The van der Waals surface area contributed by atoms with Crippen LogP contribution in [0.4, 0.5) is 10.1 Å². The average molecular weight is 383 g/mol. The Morgan fingerprint density at radius 2 is 1.68 bits per heavy atom. The van der Waals surface area contributed by atoms with Crippen LogP contribution >= 0.6 is 46.4 Å². The van der Waals surface area contributed by atoms with Gasteiger partial charge in [0.15, 0.2) is 6.61 Å². The number of carbonyl (C=O) groups is 1. The highest BCUT2D eigenvalue weighted by molar-refractivity contribution is 6.42. The van der Waals surface area contributed by atoms with E-state index in [0.717, 1.165) is 6.07 Å². The van der Waals surface area contributed by atoms with E-state index in [1.807, 2.05) is 0 Å². The minimum atomic E-state index is -0.508. The van der Waals surface area contributed by atoms with Gasteiger partial charge in [-0.25, -0.2) is 4.39 Å². The Morgan fingerprint density at radius 3 is 2.27 bits per heavy atom. The number of amides is 1. The summed E-state index contributed by atoms with van der Waals surface area (Å²) in [5, 5.41) is 3.32. The molecule has 0 bridgehead atoms. The average Bonchev–Trinajstić information content (AvgIpc) is 2.42. The molecule has 2 aromatic carbocycles. The first-order valence-corrected chi connectivity index (χ1v) is 7.40. The second-order valence-corrected chi connectivity index (χ2v) is 5.81. The minimum Gasteiger partial charge on any atom is -0.482 e. The van der Waals surface area contributed by atoms with E-state index in [-0.39, 0.29) is 33.1 Å². The van der Waals surface area contributed by atoms with Crippen LogP contribution in [0.15, 0.2) is 30.3 Å². The molecule has 1 amide bonds. The van der Waals surface area contributed by atoms with E-state index >= 15 is 0 Å². The van der Waals surface area contributed by atoms with E-state index in [1.165, 1.54) is 24.3 Å². The van der Waals surface area contributed by atoms with E-state index in [2.05, 4.69) is 5.32 Å². The zero-order chi connectivity index (χ0) is 16.3. The van der Waals surface area contributed by atoms with Crippen LogP contribution in [0.5, 0.6) is 5.75 Å². The predicted molar refractivity (Wildman–Crippen MR) is 87.0 cm³/mol. The lowest BCUT2D eigenvalue weighted by Gasteiger charge is -2.11. The molecule has 22 heavy (non-hydrogen) atoms. The molecule has 8 heteroatoms. The highest BCUT2D eigenvalue weighted by atomic mass is 35.5. The van der Waals surface area contributed by atoms with Crippen LogP contribution in [0, 0.1) is 5.82 Å². The summed E-state index contributed by atoms with van der Waals surface area (Å²) in [5.74, 6) is -0.820. The molecule has 0 saturated heterocycles. The molecule has 0 heterocycles. The Balaban J connectivity index is 2.02. The van der Waals surface area contributed by atoms with Crippen LogP contribution in [0.3, 0.4) is 0 Å². The molecule has 0 unspecified atom stereocenters. The summed E-state index contributed by atoms with van der Waals surface area (Å²) in [4.78, 5) is 11.8. The predicted octanol–water partition coefficient (Wildman–Crippen LogP) is 5.46. The van der Waals surface area contributed by atoms with Crippen LogP contribution in [0.1, 0.15) is 0 Å². The summed E-state index contributed by atoms with van der Waals surface area (Å²) >= 11 is 23.5. The Kier molecular flexibility index (Phi) is 5.75. The van der Waals surface area contributed by atoms with Crippen molar-refractivity contribution < 1.29 is 13.9 Å². The molecule has 3 nitrogen and oxygen atoms in total. The molecule has 0 aliphatic carbocycles. The summed E-state index contributed by atoms with van der Waals surface area (Å²) < 4.78 is 18.1. The van der Waals surface area contributed by atoms with Gasteiger partial charge < -0.3 is 10.1 Å². The normalized spacial score (nSPS) is 10.4. The van der Waals surface area contributed by atoms with Crippen LogP contribution < -0.4 is 10.1 Å². The molecule has 0 spiro atoms. The third-order valence-electron chi connectivity index (χ3n) is 2.52. The fourth-order valence-electron chi connectivity index (χ4n) is 1.57. The van der Waals surface area contributed by atoms with Crippen molar-refractivity contribution in [1.82, 2.24) is 0 Å². The van der Waals surface area contributed by atoms with E-state index in [0.29, 0.717) is 5.02 Å². The third kappa shape index (κ3) is 4.40. The molecule has 0 radical (unpaired) electrons. The molecule has 0 saturated carbocycles. The maximum atomic E-state index is 12.9. The molecule has 0 aliphatic heterocycles. The number of halogens is 5. The summed E-state index contributed by atoms with van der Waals surface area (Å²) in [6, 6.07) is 6.48. The van der Waals surface area contributed by atoms with Gasteiger partial charge in [-0.2, -0.15) is 0 Å². The first-order valence-electron chi connectivity index (χ1n) is 5.89. The van der Waals surface area contributed by atoms with Gasteiger partial charge in [0.05, 0.1) is 20.8 Å². The van der Waals surface area contributed by atoms with Gasteiger partial charge in [-0.3, -0.25) is 4.79 Å². The molecule has 0 atom stereocenters. The molecule has 2 aromatic rings. The second-order valence-electron chi connectivity index (χ2n) is 4.16. The van der Waals surface area contributed by atoms with Crippen LogP contribution in [-0.4, -0.2) is 12.5 Å². The smallest absolute Gasteiger partial charge is 0.262 e. The quantitative estimate of drug-likeness (QED) is 0.762. The van der Waals surface area contributed by atoms with Crippen molar-refractivity contribution in [2.24, 2.45) is 0 Å². The number of hydrogen-bond acceptors (Lipinski definition) is 2. The number of hydrogen-bond donors (Lipinski definition) is 1. The largest absolute Gasteiger partial charge is 0.482 e. The zero-order valence-electron chi connectivity index (χ0n) is 10.8. The Bertz CT molecular complexity index is 701. The second kappa shape index (κ2) is 7.38. The van der Waals surface area contributed by atoms with Crippen molar-refractivity contribution >= 4 is 58.0 Å². The fourth-order valence-corrected chi connectivity index (χ4v) is 2.71. The van der Waals surface area contributed by atoms with Crippen molar-refractivity contribution in [3.63, 3.8) is 0 Å². The number of rotatable bonds is 4. The van der Waals surface area contributed by atoms with Crippen molar-refractivity contribution in [2.45, 2.75) is 0 Å². The topological polar surface area (TPSA) is 38.3 Å². The summed E-state index contributed by atoms with van der Waals surface area (Å²) in [5.41, 5.74) is 0.228. The van der Waals surface area contributed by atoms with Gasteiger partial charge in [0.25, 0.3) is 5.91 Å². The van der Waals surface area contributed by atoms with Gasteiger partial charge in [-0.15, -0.1) is 0 Å². The first kappa shape index (κ1) is 17.2. The monoisotopic (exact) mass is 381 g/mol. The Morgan fingerprint density at radius 1 is 1.05 bits per heavy atom. The lowest BCUT2D eigenvalue weighted by Crippen LogP contribution is -2.20. The number of anilines is 1. The summed E-state index contributed by atoms with van der Waals surface area (Å²) in [6.45, 7) is -0.347. The number of nitrogens with one attached hydrogen (secondary N) is 1. The minimum absolute atomic E-state index is 0.0651. The number of ether oxygens (including phenoxy) is 1. The number of benzene rings is 2. The van der Waals surface area contributed by atoms with Crippen molar-refractivity contribution in [3.8, 4) is 5.75 Å². The Labute approximate surface area is 145 Å². The summed E-state index contributed by atoms with van der Waals surface area (Å²) in [6.07, 6.45) is 0. The van der Waals surface area contributed by atoms with Crippen LogP contribution in [0.25, 0.3) is 0 Å². The summed E-state index contributed by atoms with van der Waals surface area (Å²) in [7, 11) is 0. The fraction of sp³-hybridized carbons (Fsp3) is 0.0714. The third-order valence-corrected chi connectivity index (χ3v) is 3.63. The molecule has 0 aromatic heterocycles. The molecule has 116 valence electrons. The molecule has 0 fully saturated rings. The standard InChI is InChI=1S/C14H8Cl4FNO2/c15-7-3-10(17)14(11(18)4-7)20-13(21)6-22-12-2-1-8(19)5-9(12)16/h1-5H,6H2,(H,20,21). The van der Waals surface area contributed by atoms with E-state index in [4.69, 9.17) is 51.1 Å². The first-order chi connectivity index (χ1) is 10.4.